The fourth-order valence-corrected chi connectivity index (χ4v) is 2.28. The maximum atomic E-state index is 11.8. The molecule has 0 fully saturated rings. The van der Waals surface area contributed by atoms with Crippen molar-refractivity contribution in [3.63, 3.8) is 0 Å². The molecule has 0 spiro atoms. The third-order valence-corrected chi connectivity index (χ3v) is 3.20. The molecule has 0 unspecified atom stereocenters. The van der Waals surface area contributed by atoms with Gasteiger partial charge in [0.25, 0.3) is 0 Å². The zero-order valence-electron chi connectivity index (χ0n) is 10.7. The van der Waals surface area contributed by atoms with Gasteiger partial charge < -0.3 is 11.1 Å². The lowest BCUT2D eigenvalue weighted by Gasteiger charge is -2.12. The molecule has 1 amide bonds. The number of aromatic nitrogens is 1. The fourth-order valence-electron chi connectivity index (χ4n) is 1.97. The summed E-state index contributed by atoms with van der Waals surface area (Å²) < 4.78 is 0. The largest absolute Gasteiger partial charge is 0.330 e. The summed E-state index contributed by atoms with van der Waals surface area (Å²) in [6.45, 7) is 2.44. The van der Waals surface area contributed by atoms with Crippen LogP contribution in [-0.4, -0.2) is 17.4 Å². The van der Waals surface area contributed by atoms with E-state index < -0.39 is 0 Å². The Hall–Kier alpha value is -1.65. The second-order valence-electron chi connectivity index (χ2n) is 4.39. The van der Waals surface area contributed by atoms with Crippen LogP contribution in [-0.2, 0) is 4.79 Å². The lowest BCUT2D eigenvalue weighted by atomic mass is 10.1. The van der Waals surface area contributed by atoms with E-state index in [4.69, 9.17) is 17.3 Å². The number of carbonyl (C=O) groups excluding carboxylic acids is 1. The molecule has 0 aliphatic rings. The van der Waals surface area contributed by atoms with Gasteiger partial charge in [-0.15, -0.1) is 0 Å². The Morgan fingerprint density at radius 1 is 1.53 bits per heavy atom. The molecular weight excluding hydrogens is 262 g/mol. The summed E-state index contributed by atoms with van der Waals surface area (Å²) in [5, 5.41) is 4.23. The minimum absolute atomic E-state index is 0.0821. The van der Waals surface area contributed by atoms with Crippen LogP contribution in [0.5, 0.6) is 0 Å². The molecule has 3 N–H and O–H groups in total. The van der Waals surface area contributed by atoms with E-state index >= 15 is 0 Å². The molecule has 0 aliphatic heterocycles. The van der Waals surface area contributed by atoms with Crippen molar-refractivity contribution in [1.29, 1.82) is 0 Å². The Balaban J connectivity index is 2.39. The number of aryl methyl sites for hydroxylation is 1. The Labute approximate surface area is 117 Å². The number of anilines is 1. The highest BCUT2D eigenvalue weighted by Gasteiger charge is 2.12. The zero-order valence-corrected chi connectivity index (χ0v) is 11.5. The first kappa shape index (κ1) is 13.8. The predicted molar refractivity (Wildman–Crippen MR) is 78.4 cm³/mol. The maximum Gasteiger partial charge on any atom is 0.224 e. The number of rotatable bonds is 4. The highest BCUT2D eigenvalue weighted by atomic mass is 35.5. The number of amides is 1. The Morgan fingerprint density at radius 2 is 2.32 bits per heavy atom. The monoisotopic (exact) mass is 277 g/mol. The van der Waals surface area contributed by atoms with Gasteiger partial charge in [-0.25, -0.2) is 0 Å². The first-order valence-electron chi connectivity index (χ1n) is 6.17. The van der Waals surface area contributed by atoms with Crippen molar-refractivity contribution in [3.8, 4) is 0 Å². The molecule has 2 rings (SSSR count). The molecule has 0 radical (unpaired) electrons. The van der Waals surface area contributed by atoms with Crippen LogP contribution in [0.2, 0.25) is 5.02 Å². The summed E-state index contributed by atoms with van der Waals surface area (Å²) in [5.74, 6) is -0.0821. The van der Waals surface area contributed by atoms with Gasteiger partial charge in [0.2, 0.25) is 5.91 Å². The first-order chi connectivity index (χ1) is 9.13. The van der Waals surface area contributed by atoms with Gasteiger partial charge in [-0.1, -0.05) is 11.6 Å². The van der Waals surface area contributed by atoms with Crippen molar-refractivity contribution in [3.05, 3.63) is 35.0 Å². The van der Waals surface area contributed by atoms with Crippen molar-refractivity contribution < 1.29 is 4.79 Å². The van der Waals surface area contributed by atoms with Crippen LogP contribution in [0.4, 0.5) is 5.69 Å². The van der Waals surface area contributed by atoms with E-state index in [0.29, 0.717) is 30.1 Å². The highest BCUT2D eigenvalue weighted by molar-refractivity contribution is 6.35. The molecule has 4 nitrogen and oxygen atoms in total. The number of carbonyl (C=O) groups is 1. The van der Waals surface area contributed by atoms with E-state index in [2.05, 4.69) is 10.3 Å². The normalized spacial score (nSPS) is 10.7. The summed E-state index contributed by atoms with van der Waals surface area (Å²) in [5.41, 5.74) is 7.85. The molecule has 0 aliphatic carbocycles. The van der Waals surface area contributed by atoms with Crippen molar-refractivity contribution in [1.82, 2.24) is 4.98 Å². The number of hydrogen-bond donors (Lipinski definition) is 2. The molecule has 0 bridgehead atoms. The quantitative estimate of drug-likeness (QED) is 0.903. The van der Waals surface area contributed by atoms with Gasteiger partial charge in [0, 0.05) is 18.0 Å². The molecule has 0 atom stereocenters. The van der Waals surface area contributed by atoms with Crippen LogP contribution < -0.4 is 11.1 Å². The molecule has 0 saturated heterocycles. The van der Waals surface area contributed by atoms with E-state index in [-0.39, 0.29) is 5.91 Å². The standard InChI is InChI=1S/C14H16ClN3O/c1-9-8-11(15)14(18-12(19)5-2-6-16)10-4-3-7-17-13(9)10/h3-4,7-8H,2,5-6,16H2,1H3,(H,18,19). The minimum atomic E-state index is -0.0821. The van der Waals surface area contributed by atoms with Crippen LogP contribution in [0.1, 0.15) is 18.4 Å². The number of fused-ring (bicyclic) bond motifs is 1. The number of benzene rings is 1. The number of pyridine rings is 1. The van der Waals surface area contributed by atoms with Gasteiger partial charge in [-0.3, -0.25) is 9.78 Å². The van der Waals surface area contributed by atoms with Gasteiger partial charge in [0.1, 0.15) is 0 Å². The summed E-state index contributed by atoms with van der Waals surface area (Å²) in [7, 11) is 0. The Kier molecular flexibility index (Phi) is 4.35. The molecule has 1 aromatic heterocycles. The third kappa shape index (κ3) is 3.03. The predicted octanol–water partition coefficient (Wildman–Crippen LogP) is 2.87. The van der Waals surface area contributed by atoms with Crippen LogP contribution in [0.25, 0.3) is 10.9 Å². The van der Waals surface area contributed by atoms with Crippen LogP contribution >= 0.6 is 11.6 Å². The van der Waals surface area contributed by atoms with E-state index in [1.54, 1.807) is 6.20 Å². The van der Waals surface area contributed by atoms with E-state index in [0.717, 1.165) is 16.5 Å². The summed E-state index contributed by atoms with van der Waals surface area (Å²) in [6, 6.07) is 5.54. The molecule has 0 saturated carbocycles. The van der Waals surface area contributed by atoms with Gasteiger partial charge in [0.15, 0.2) is 0 Å². The second-order valence-corrected chi connectivity index (χ2v) is 4.80. The number of nitrogens with two attached hydrogens (primary N) is 1. The maximum absolute atomic E-state index is 11.8. The van der Waals surface area contributed by atoms with E-state index in [1.165, 1.54) is 0 Å². The third-order valence-electron chi connectivity index (χ3n) is 2.91. The van der Waals surface area contributed by atoms with E-state index in [1.807, 2.05) is 25.1 Å². The molecular formula is C14H16ClN3O. The molecule has 2 aromatic rings. The summed E-state index contributed by atoms with van der Waals surface area (Å²) in [4.78, 5) is 16.1. The molecule has 5 heteroatoms. The SMILES string of the molecule is Cc1cc(Cl)c(NC(=O)CCCN)c2cccnc12. The average molecular weight is 278 g/mol. The van der Waals surface area contributed by atoms with Crippen LogP contribution in [0.15, 0.2) is 24.4 Å². The van der Waals surface area contributed by atoms with Crippen LogP contribution in [0.3, 0.4) is 0 Å². The van der Waals surface area contributed by atoms with Crippen molar-refractivity contribution in [2.75, 3.05) is 11.9 Å². The number of nitrogens with one attached hydrogen (secondary N) is 1. The lowest BCUT2D eigenvalue weighted by molar-refractivity contribution is -0.116. The minimum Gasteiger partial charge on any atom is -0.330 e. The summed E-state index contributed by atoms with van der Waals surface area (Å²) in [6.07, 6.45) is 2.78. The molecule has 1 heterocycles. The average Bonchev–Trinajstić information content (AvgIpc) is 2.41. The number of hydrogen-bond acceptors (Lipinski definition) is 3. The molecule has 19 heavy (non-hydrogen) atoms. The Bertz CT molecular complexity index is 613. The first-order valence-corrected chi connectivity index (χ1v) is 6.55. The second kappa shape index (κ2) is 5.99. The van der Waals surface area contributed by atoms with Gasteiger partial charge in [-0.05, 0) is 43.7 Å². The zero-order chi connectivity index (χ0) is 13.8. The van der Waals surface area contributed by atoms with Crippen LogP contribution in [0, 0.1) is 6.92 Å². The van der Waals surface area contributed by atoms with Gasteiger partial charge in [-0.2, -0.15) is 0 Å². The van der Waals surface area contributed by atoms with Gasteiger partial charge in [0.05, 0.1) is 16.2 Å². The number of nitrogens with zero attached hydrogens (tertiary/aromatic N) is 1. The lowest BCUT2D eigenvalue weighted by Crippen LogP contribution is -2.14. The number of halogens is 1. The fraction of sp³-hybridized carbons (Fsp3) is 0.286. The molecule has 1 aromatic carbocycles. The van der Waals surface area contributed by atoms with Crippen molar-refractivity contribution >= 4 is 34.1 Å². The van der Waals surface area contributed by atoms with Crippen molar-refractivity contribution in [2.24, 2.45) is 5.73 Å². The highest BCUT2D eigenvalue weighted by Crippen LogP contribution is 2.32. The Morgan fingerprint density at radius 3 is 3.05 bits per heavy atom. The van der Waals surface area contributed by atoms with E-state index in [9.17, 15) is 4.79 Å². The summed E-state index contributed by atoms with van der Waals surface area (Å²) >= 11 is 6.22. The van der Waals surface area contributed by atoms with Gasteiger partial charge >= 0.3 is 0 Å². The molecule has 100 valence electrons. The van der Waals surface area contributed by atoms with Crippen molar-refractivity contribution in [2.45, 2.75) is 19.8 Å². The topological polar surface area (TPSA) is 68.0 Å². The smallest absolute Gasteiger partial charge is 0.224 e.